The predicted molar refractivity (Wildman–Crippen MR) is 215 cm³/mol. The summed E-state index contributed by atoms with van der Waals surface area (Å²) in [5.74, 6) is 0. The van der Waals surface area contributed by atoms with Crippen molar-refractivity contribution in [2.24, 2.45) is 0 Å². The quantitative estimate of drug-likeness (QED) is 0.0476. The highest BCUT2D eigenvalue weighted by Gasteiger charge is 2.19. The second-order valence-electron chi connectivity index (χ2n) is 14.4. The van der Waals surface area contributed by atoms with Crippen molar-refractivity contribution in [2.45, 2.75) is 152 Å². The Labute approximate surface area is 307 Å². The smallest absolute Gasteiger partial charge is 0.375 e. The molecule has 0 spiro atoms. The van der Waals surface area contributed by atoms with Crippen LogP contribution in [0.1, 0.15) is 146 Å². The SMILES string of the molecule is CC(C)=CCCC(C)=CCCC(C)=CCCC(C)=CCOCC(COP(=O)(O)O)OCC=C(C)CCC=C(C)CCC=C(C)CCC=C(C)C. The molecule has 0 rings (SSSR count). The molecule has 0 bridgehead atoms. The molecule has 0 fully saturated rings. The molecule has 0 aliphatic carbocycles. The molecule has 0 aromatic heterocycles. The third-order valence-electron chi connectivity index (χ3n) is 8.35. The van der Waals surface area contributed by atoms with Crippen molar-refractivity contribution in [2.75, 3.05) is 26.4 Å². The minimum Gasteiger partial charge on any atom is -0.375 e. The molecule has 0 heterocycles. The summed E-state index contributed by atoms with van der Waals surface area (Å²) in [4.78, 5) is 18.4. The molecular formula is C43H73O6P. The first-order chi connectivity index (χ1) is 23.6. The second kappa shape index (κ2) is 29.5. The van der Waals surface area contributed by atoms with E-state index in [1.54, 1.807) is 0 Å². The summed E-state index contributed by atoms with van der Waals surface area (Å²) in [7, 11) is -4.60. The zero-order valence-corrected chi connectivity index (χ0v) is 34.4. The summed E-state index contributed by atoms with van der Waals surface area (Å²) >= 11 is 0. The van der Waals surface area contributed by atoms with Gasteiger partial charge in [0.15, 0.2) is 0 Å². The van der Waals surface area contributed by atoms with Gasteiger partial charge in [-0.15, -0.1) is 0 Å². The van der Waals surface area contributed by atoms with Crippen LogP contribution in [0.15, 0.2) is 93.2 Å². The first-order valence-corrected chi connectivity index (χ1v) is 20.2. The lowest BCUT2D eigenvalue weighted by Crippen LogP contribution is -2.25. The summed E-state index contributed by atoms with van der Waals surface area (Å²) in [6.07, 6.45) is 30.2. The van der Waals surface area contributed by atoms with Crippen LogP contribution in [0.4, 0.5) is 0 Å². The number of hydrogen-bond acceptors (Lipinski definition) is 4. The molecule has 1 unspecified atom stereocenters. The molecule has 0 saturated heterocycles. The van der Waals surface area contributed by atoms with E-state index in [0.29, 0.717) is 13.2 Å². The van der Waals surface area contributed by atoms with Crippen molar-refractivity contribution in [1.82, 2.24) is 0 Å². The second-order valence-corrected chi connectivity index (χ2v) is 15.6. The first kappa shape index (κ1) is 48.0. The minimum absolute atomic E-state index is 0.182. The fraction of sp³-hybridized carbons (Fsp3) is 0.628. The van der Waals surface area contributed by atoms with E-state index in [4.69, 9.17) is 14.0 Å². The Morgan fingerprint density at radius 3 is 1.14 bits per heavy atom. The molecule has 0 aromatic rings. The van der Waals surface area contributed by atoms with Crippen molar-refractivity contribution in [3.8, 4) is 0 Å². The topological polar surface area (TPSA) is 85.2 Å². The van der Waals surface area contributed by atoms with E-state index in [1.165, 1.54) is 44.6 Å². The molecule has 7 heteroatoms. The van der Waals surface area contributed by atoms with Gasteiger partial charge in [0.2, 0.25) is 0 Å². The van der Waals surface area contributed by atoms with Gasteiger partial charge in [-0.3, -0.25) is 4.52 Å². The van der Waals surface area contributed by atoms with Crippen LogP contribution < -0.4 is 0 Å². The molecule has 0 aromatic carbocycles. The van der Waals surface area contributed by atoms with E-state index in [-0.39, 0.29) is 13.2 Å². The fourth-order valence-electron chi connectivity index (χ4n) is 5.03. The molecule has 0 radical (unpaired) electrons. The number of allylic oxidation sites excluding steroid dienone is 14. The van der Waals surface area contributed by atoms with Gasteiger partial charge in [0.1, 0.15) is 6.10 Å². The Bertz CT molecular complexity index is 1230. The highest BCUT2D eigenvalue weighted by molar-refractivity contribution is 7.46. The zero-order valence-electron chi connectivity index (χ0n) is 33.5. The van der Waals surface area contributed by atoms with Crippen LogP contribution in [0.2, 0.25) is 0 Å². The van der Waals surface area contributed by atoms with E-state index in [9.17, 15) is 14.4 Å². The predicted octanol–water partition coefficient (Wildman–Crippen LogP) is 12.8. The Morgan fingerprint density at radius 1 is 0.480 bits per heavy atom. The van der Waals surface area contributed by atoms with Gasteiger partial charge >= 0.3 is 7.82 Å². The third-order valence-corrected chi connectivity index (χ3v) is 8.84. The average Bonchev–Trinajstić information content (AvgIpc) is 3.00. The first-order valence-electron chi connectivity index (χ1n) is 18.7. The Morgan fingerprint density at radius 2 is 0.800 bits per heavy atom. The number of phosphoric ester groups is 1. The summed E-state index contributed by atoms with van der Waals surface area (Å²) in [5, 5.41) is 0. The lowest BCUT2D eigenvalue weighted by molar-refractivity contribution is -0.0267. The number of phosphoric acid groups is 1. The molecule has 0 saturated carbocycles. The monoisotopic (exact) mass is 717 g/mol. The maximum Gasteiger partial charge on any atom is 0.469 e. The number of ether oxygens (including phenoxy) is 2. The van der Waals surface area contributed by atoms with Crippen molar-refractivity contribution in [1.29, 1.82) is 0 Å². The highest BCUT2D eigenvalue weighted by atomic mass is 31.2. The van der Waals surface area contributed by atoms with Crippen molar-refractivity contribution in [3.63, 3.8) is 0 Å². The summed E-state index contributed by atoms with van der Waals surface area (Å²) < 4.78 is 27.7. The Hall–Kier alpha value is -2.05. The van der Waals surface area contributed by atoms with E-state index < -0.39 is 13.9 Å². The zero-order chi connectivity index (χ0) is 37.8. The van der Waals surface area contributed by atoms with Crippen LogP contribution in [0.25, 0.3) is 0 Å². The third kappa shape index (κ3) is 33.1. The lowest BCUT2D eigenvalue weighted by atomic mass is 10.0. The van der Waals surface area contributed by atoms with Gasteiger partial charge in [0, 0.05) is 0 Å². The van der Waals surface area contributed by atoms with Crippen LogP contribution in [0.3, 0.4) is 0 Å². The van der Waals surface area contributed by atoms with E-state index in [0.717, 1.165) is 77.0 Å². The minimum atomic E-state index is -4.60. The fourth-order valence-corrected chi connectivity index (χ4v) is 5.39. The maximum atomic E-state index is 11.3. The molecule has 0 aliphatic rings. The molecule has 0 aliphatic heterocycles. The van der Waals surface area contributed by atoms with E-state index >= 15 is 0 Å². The van der Waals surface area contributed by atoms with Crippen LogP contribution in [0.5, 0.6) is 0 Å². The number of hydrogen-bond donors (Lipinski definition) is 2. The van der Waals surface area contributed by atoms with Crippen LogP contribution >= 0.6 is 7.82 Å². The Kier molecular flexibility index (Phi) is 28.3. The molecular weight excluding hydrogens is 643 g/mol. The van der Waals surface area contributed by atoms with Gasteiger partial charge in [-0.2, -0.15) is 0 Å². The standard InChI is InChI=1S/C43H73O6P/c1-35(2)17-11-19-37(5)21-13-23-39(7)25-15-27-41(9)29-31-47-33-43(34-49-50(44,45)46)48-32-30-42(10)28-16-26-40(8)24-14-22-38(6)20-12-18-36(3)4/h17-18,21-22,25-26,29-30,43H,11-16,19-20,23-24,27-28,31-34H2,1-10H3,(H2,44,45,46). The van der Waals surface area contributed by atoms with Crippen molar-refractivity contribution >= 4 is 7.82 Å². The van der Waals surface area contributed by atoms with Crippen LogP contribution in [-0.2, 0) is 18.6 Å². The normalized spacial score (nSPS) is 14.6. The molecule has 1 atom stereocenters. The lowest BCUT2D eigenvalue weighted by Gasteiger charge is -2.17. The molecule has 0 amide bonds. The van der Waals surface area contributed by atoms with Gasteiger partial charge in [0.05, 0.1) is 26.4 Å². The van der Waals surface area contributed by atoms with Gasteiger partial charge in [-0.25, -0.2) is 4.57 Å². The average molecular weight is 717 g/mol. The Balaban J connectivity index is 4.60. The molecule has 50 heavy (non-hydrogen) atoms. The van der Waals surface area contributed by atoms with E-state index in [2.05, 4.69) is 112 Å². The molecule has 2 N–H and O–H groups in total. The van der Waals surface area contributed by atoms with Gasteiger partial charge in [0.25, 0.3) is 0 Å². The molecule has 6 nitrogen and oxygen atoms in total. The maximum absolute atomic E-state index is 11.3. The summed E-state index contributed by atoms with van der Waals surface area (Å²) in [5.41, 5.74) is 11.0. The largest absolute Gasteiger partial charge is 0.469 e. The van der Waals surface area contributed by atoms with Crippen LogP contribution in [-0.4, -0.2) is 42.3 Å². The van der Waals surface area contributed by atoms with Crippen molar-refractivity contribution in [3.05, 3.63) is 93.2 Å². The molecule has 286 valence electrons. The van der Waals surface area contributed by atoms with Crippen LogP contribution in [0, 0.1) is 0 Å². The van der Waals surface area contributed by atoms with E-state index in [1.807, 2.05) is 6.08 Å². The van der Waals surface area contributed by atoms with Gasteiger partial charge < -0.3 is 19.3 Å². The van der Waals surface area contributed by atoms with Gasteiger partial charge in [-0.05, 0) is 146 Å². The van der Waals surface area contributed by atoms with Gasteiger partial charge in [-0.1, -0.05) is 93.2 Å². The summed E-state index contributed by atoms with van der Waals surface area (Å²) in [6.45, 7) is 22.3. The highest BCUT2D eigenvalue weighted by Crippen LogP contribution is 2.35. The summed E-state index contributed by atoms with van der Waals surface area (Å²) in [6, 6.07) is 0. The van der Waals surface area contributed by atoms with Crippen molar-refractivity contribution < 1.29 is 28.3 Å². The number of rotatable bonds is 28.